The average Bonchev–Trinajstić information content (AvgIpc) is 2.32. The third-order valence-electron chi connectivity index (χ3n) is 2.37. The van der Waals surface area contributed by atoms with Gasteiger partial charge in [-0.05, 0) is 24.3 Å². The van der Waals surface area contributed by atoms with Gasteiger partial charge < -0.3 is 5.32 Å². The Morgan fingerprint density at radius 3 is 2.20 bits per heavy atom. The van der Waals surface area contributed by atoms with Gasteiger partial charge in [0.1, 0.15) is 5.82 Å². The predicted molar refractivity (Wildman–Crippen MR) is 81.2 cm³/mol. The van der Waals surface area contributed by atoms with Gasteiger partial charge in [-0.25, -0.2) is 8.78 Å². The van der Waals surface area contributed by atoms with Gasteiger partial charge in [-0.2, -0.15) is 0 Å². The highest BCUT2D eigenvalue weighted by Crippen LogP contribution is 2.27. The second-order valence-corrected chi connectivity index (χ2v) is 6.10. The fraction of sp³-hybridized carbons (Fsp3) is 0. The summed E-state index contributed by atoms with van der Waals surface area (Å²) in [4.78, 5) is 12.0. The van der Waals surface area contributed by atoms with E-state index in [0.717, 1.165) is 6.07 Å². The van der Waals surface area contributed by atoms with E-state index >= 15 is 0 Å². The highest BCUT2D eigenvalue weighted by atomic mass is 79.9. The lowest BCUT2D eigenvalue weighted by molar-refractivity contribution is 0.102. The molecule has 2 rings (SSSR count). The molecule has 0 radical (unpaired) electrons. The molecule has 0 spiro atoms. The Morgan fingerprint density at radius 2 is 1.65 bits per heavy atom. The van der Waals surface area contributed by atoms with Crippen molar-refractivity contribution in [1.29, 1.82) is 0 Å². The molecule has 0 heterocycles. The van der Waals surface area contributed by atoms with E-state index in [-0.39, 0.29) is 10.7 Å². The SMILES string of the molecule is O=C(Nc1c(F)cc(F)cc1Cl)c1cc(Br)cc(Br)c1. The van der Waals surface area contributed by atoms with Crippen molar-refractivity contribution >= 4 is 55.1 Å². The largest absolute Gasteiger partial charge is 0.318 e. The minimum absolute atomic E-state index is 0.204. The normalized spacial score (nSPS) is 10.4. The molecule has 0 saturated carbocycles. The van der Waals surface area contributed by atoms with Gasteiger partial charge in [-0.15, -0.1) is 0 Å². The van der Waals surface area contributed by atoms with Crippen molar-refractivity contribution in [2.75, 3.05) is 5.32 Å². The molecule has 1 amide bonds. The maximum atomic E-state index is 13.6. The topological polar surface area (TPSA) is 29.1 Å². The van der Waals surface area contributed by atoms with Crippen molar-refractivity contribution < 1.29 is 13.6 Å². The number of rotatable bonds is 2. The number of carbonyl (C=O) groups is 1. The first-order chi connectivity index (χ1) is 9.36. The molecule has 1 N–H and O–H groups in total. The molecule has 0 aliphatic rings. The van der Waals surface area contributed by atoms with E-state index in [9.17, 15) is 13.6 Å². The lowest BCUT2D eigenvalue weighted by atomic mass is 10.2. The van der Waals surface area contributed by atoms with E-state index in [4.69, 9.17) is 11.6 Å². The van der Waals surface area contributed by atoms with Crippen LogP contribution < -0.4 is 5.32 Å². The molecule has 0 saturated heterocycles. The fourth-order valence-electron chi connectivity index (χ4n) is 1.53. The number of carbonyl (C=O) groups excluding carboxylic acids is 1. The van der Waals surface area contributed by atoms with Crippen molar-refractivity contribution in [3.8, 4) is 0 Å². The Hall–Kier alpha value is -0.980. The first kappa shape index (κ1) is 15.4. The summed E-state index contributed by atoms with van der Waals surface area (Å²) in [5.74, 6) is -2.30. The van der Waals surface area contributed by atoms with Crippen LogP contribution in [0.1, 0.15) is 10.4 Å². The molecular weight excluding hydrogens is 419 g/mol. The minimum Gasteiger partial charge on any atom is -0.318 e. The van der Waals surface area contributed by atoms with E-state index < -0.39 is 17.5 Å². The number of hydrogen-bond acceptors (Lipinski definition) is 1. The van der Waals surface area contributed by atoms with E-state index in [1.807, 2.05) is 0 Å². The van der Waals surface area contributed by atoms with Gasteiger partial charge in [0.2, 0.25) is 0 Å². The van der Waals surface area contributed by atoms with E-state index in [0.29, 0.717) is 20.6 Å². The summed E-state index contributed by atoms with van der Waals surface area (Å²) < 4.78 is 27.9. The maximum absolute atomic E-state index is 13.6. The zero-order valence-corrected chi connectivity index (χ0v) is 13.6. The zero-order valence-electron chi connectivity index (χ0n) is 9.68. The monoisotopic (exact) mass is 423 g/mol. The number of hydrogen-bond donors (Lipinski definition) is 1. The van der Waals surface area contributed by atoms with Crippen LogP contribution in [-0.4, -0.2) is 5.91 Å². The fourth-order valence-corrected chi connectivity index (χ4v) is 3.07. The van der Waals surface area contributed by atoms with Crippen LogP contribution in [0.25, 0.3) is 0 Å². The summed E-state index contributed by atoms with van der Waals surface area (Å²) >= 11 is 12.2. The predicted octanol–water partition coefficient (Wildman–Crippen LogP) is 5.40. The molecule has 0 bridgehead atoms. The van der Waals surface area contributed by atoms with Crippen LogP contribution in [0.4, 0.5) is 14.5 Å². The summed E-state index contributed by atoms with van der Waals surface area (Å²) in [7, 11) is 0. The highest BCUT2D eigenvalue weighted by molar-refractivity contribution is 9.11. The summed E-state index contributed by atoms with van der Waals surface area (Å²) in [5.41, 5.74) is 0.0419. The standard InChI is InChI=1S/C13H6Br2ClF2NO/c14-7-1-6(2-8(15)3-7)13(20)19-12-10(16)4-9(17)5-11(12)18/h1-5H,(H,19,20). The molecule has 0 fully saturated rings. The van der Waals surface area contributed by atoms with Crippen LogP contribution in [0, 0.1) is 11.6 Å². The molecule has 20 heavy (non-hydrogen) atoms. The molecule has 0 atom stereocenters. The van der Waals surface area contributed by atoms with Gasteiger partial charge in [-0.3, -0.25) is 4.79 Å². The molecule has 2 aromatic carbocycles. The second-order valence-electron chi connectivity index (χ2n) is 3.86. The Balaban J connectivity index is 2.32. The van der Waals surface area contributed by atoms with E-state index in [1.165, 1.54) is 0 Å². The van der Waals surface area contributed by atoms with Crippen molar-refractivity contribution in [3.05, 3.63) is 61.5 Å². The summed E-state index contributed by atoms with van der Waals surface area (Å²) in [6, 6.07) is 6.46. The van der Waals surface area contributed by atoms with Crippen LogP contribution in [0.15, 0.2) is 39.3 Å². The van der Waals surface area contributed by atoms with Crippen molar-refractivity contribution in [2.24, 2.45) is 0 Å². The van der Waals surface area contributed by atoms with Gasteiger partial charge in [0.05, 0.1) is 10.7 Å². The van der Waals surface area contributed by atoms with Crippen molar-refractivity contribution in [1.82, 2.24) is 0 Å². The van der Waals surface area contributed by atoms with Crippen LogP contribution in [0.2, 0.25) is 5.02 Å². The molecule has 0 aromatic heterocycles. The van der Waals surface area contributed by atoms with Gasteiger partial charge in [0, 0.05) is 20.6 Å². The van der Waals surface area contributed by atoms with Gasteiger partial charge in [-0.1, -0.05) is 43.5 Å². The Labute approximate surface area is 135 Å². The third kappa shape index (κ3) is 3.56. The molecule has 104 valence electrons. The summed E-state index contributed by atoms with van der Waals surface area (Å²) in [6.07, 6.45) is 0. The first-order valence-corrected chi connectivity index (χ1v) is 7.25. The maximum Gasteiger partial charge on any atom is 0.255 e. The smallest absolute Gasteiger partial charge is 0.255 e. The lowest BCUT2D eigenvalue weighted by Gasteiger charge is -2.09. The molecule has 2 aromatic rings. The van der Waals surface area contributed by atoms with Gasteiger partial charge in [0.15, 0.2) is 5.82 Å². The minimum atomic E-state index is -0.933. The summed E-state index contributed by atoms with van der Waals surface area (Å²) in [6.45, 7) is 0. The number of amides is 1. The molecule has 0 aliphatic heterocycles. The Bertz CT molecular complexity index is 651. The number of halogens is 5. The van der Waals surface area contributed by atoms with Crippen molar-refractivity contribution in [2.45, 2.75) is 0 Å². The van der Waals surface area contributed by atoms with Crippen molar-refractivity contribution in [3.63, 3.8) is 0 Å². The second kappa shape index (κ2) is 6.20. The average molecular weight is 425 g/mol. The van der Waals surface area contributed by atoms with Crippen LogP contribution in [0.3, 0.4) is 0 Å². The molecular formula is C13H6Br2ClF2NO. The molecule has 7 heteroatoms. The molecule has 2 nitrogen and oxygen atoms in total. The lowest BCUT2D eigenvalue weighted by Crippen LogP contribution is -2.13. The Kier molecular flexibility index (Phi) is 4.78. The summed E-state index contributed by atoms with van der Waals surface area (Å²) in [5, 5.41) is 2.12. The van der Waals surface area contributed by atoms with Crippen LogP contribution in [0.5, 0.6) is 0 Å². The Morgan fingerprint density at radius 1 is 1.05 bits per heavy atom. The van der Waals surface area contributed by atoms with Gasteiger partial charge in [0.25, 0.3) is 5.91 Å². The molecule has 0 aliphatic carbocycles. The number of anilines is 1. The molecule has 0 unspecified atom stereocenters. The zero-order chi connectivity index (χ0) is 14.9. The van der Waals surface area contributed by atoms with E-state index in [2.05, 4.69) is 37.2 Å². The number of nitrogens with one attached hydrogen (secondary N) is 1. The quantitative estimate of drug-likeness (QED) is 0.686. The van der Waals surface area contributed by atoms with Crippen LogP contribution >= 0.6 is 43.5 Å². The number of benzene rings is 2. The third-order valence-corrected chi connectivity index (χ3v) is 3.58. The van der Waals surface area contributed by atoms with E-state index in [1.54, 1.807) is 18.2 Å². The van der Waals surface area contributed by atoms with Gasteiger partial charge >= 0.3 is 0 Å². The van der Waals surface area contributed by atoms with Crippen LogP contribution in [-0.2, 0) is 0 Å². The first-order valence-electron chi connectivity index (χ1n) is 5.29. The highest BCUT2D eigenvalue weighted by Gasteiger charge is 2.15.